The molecule has 0 fully saturated rings. The molecule has 0 aliphatic rings. The number of ether oxygens (including phenoxy) is 1. The Kier molecular flexibility index (Phi) is 6.59. The molecule has 0 bridgehead atoms. The van der Waals surface area contributed by atoms with Gasteiger partial charge in [-0.2, -0.15) is 0 Å². The molecule has 178 valence electrons. The average molecular weight is 486 g/mol. The number of hydrogen-bond donors (Lipinski definition) is 0. The molecule has 0 aliphatic heterocycles. The summed E-state index contributed by atoms with van der Waals surface area (Å²) in [5, 5.41) is 0.886. The number of fused-ring (bicyclic) bond motifs is 1. The van der Waals surface area contributed by atoms with Crippen LogP contribution in [0.1, 0.15) is 25.0 Å². The zero-order valence-corrected chi connectivity index (χ0v) is 21.0. The Morgan fingerprint density at radius 3 is 2.31 bits per heavy atom. The Bertz CT molecular complexity index is 1550. The number of aromatic nitrogens is 1. The second-order valence-electron chi connectivity index (χ2n) is 8.94. The lowest BCUT2D eigenvalue weighted by molar-refractivity contribution is -0.134. The third-order valence-electron chi connectivity index (χ3n) is 6.33. The molecule has 0 spiro atoms. The number of carbonyl (C=O) groups excluding carboxylic acids is 1. The van der Waals surface area contributed by atoms with Crippen LogP contribution in [0, 0.1) is 0 Å². The summed E-state index contributed by atoms with van der Waals surface area (Å²) < 4.78 is 28.8. The number of hydrogen-bond acceptors (Lipinski definition) is 5. The van der Waals surface area contributed by atoms with Crippen LogP contribution in [0.4, 0.5) is 0 Å². The zero-order chi connectivity index (χ0) is 25.2. The van der Waals surface area contributed by atoms with Crippen LogP contribution in [0.5, 0.6) is 0 Å². The molecular formula is C29H27NO4S. The maximum absolute atomic E-state index is 12.6. The quantitative estimate of drug-likeness (QED) is 0.246. The summed E-state index contributed by atoms with van der Waals surface area (Å²) in [6, 6.07) is 23.6. The van der Waals surface area contributed by atoms with E-state index in [0.717, 1.165) is 44.3 Å². The van der Waals surface area contributed by atoms with Crippen molar-refractivity contribution in [2.24, 2.45) is 0 Å². The molecule has 1 aromatic heterocycles. The van der Waals surface area contributed by atoms with E-state index >= 15 is 0 Å². The Morgan fingerprint density at radius 2 is 1.60 bits per heavy atom. The van der Waals surface area contributed by atoms with Crippen molar-refractivity contribution < 1.29 is 17.9 Å². The van der Waals surface area contributed by atoms with Gasteiger partial charge in [0.15, 0.2) is 9.84 Å². The van der Waals surface area contributed by atoms with Crippen molar-refractivity contribution in [1.29, 1.82) is 0 Å². The van der Waals surface area contributed by atoms with Gasteiger partial charge in [0.1, 0.15) is 0 Å². The number of pyridine rings is 1. The number of methoxy groups -OCH3 is 1. The van der Waals surface area contributed by atoms with Crippen LogP contribution >= 0.6 is 0 Å². The number of carbonyl (C=O) groups is 1. The number of benzene rings is 3. The molecule has 0 aliphatic carbocycles. The third-order valence-corrected chi connectivity index (χ3v) is 8.42. The van der Waals surface area contributed by atoms with Crippen molar-refractivity contribution in [2.45, 2.75) is 18.6 Å². The minimum Gasteiger partial charge on any atom is -0.466 e. The van der Waals surface area contributed by atoms with Gasteiger partial charge in [-0.05, 0) is 78.1 Å². The van der Waals surface area contributed by atoms with E-state index in [-0.39, 0.29) is 0 Å². The molecule has 3 aromatic carbocycles. The van der Waals surface area contributed by atoms with Crippen LogP contribution in [-0.4, -0.2) is 32.7 Å². The van der Waals surface area contributed by atoms with Gasteiger partial charge in [0, 0.05) is 29.5 Å². The van der Waals surface area contributed by atoms with E-state index in [2.05, 4.69) is 15.8 Å². The minimum absolute atomic E-state index is 0.409. The molecule has 5 nitrogen and oxygen atoms in total. The van der Waals surface area contributed by atoms with Gasteiger partial charge in [0.2, 0.25) is 0 Å². The highest BCUT2D eigenvalue weighted by Crippen LogP contribution is 2.37. The molecule has 6 heteroatoms. The SMILES string of the molecule is COC(=O)/C=C/c1cccc(-c2cccc(-c3cc(C(C)(C)S(C)(=O)=O)cc4cccnc34)c2)c1. The van der Waals surface area contributed by atoms with Crippen LogP contribution in [0.15, 0.2) is 85.1 Å². The van der Waals surface area contributed by atoms with Crippen LogP contribution in [-0.2, 0) is 24.1 Å². The first-order valence-electron chi connectivity index (χ1n) is 11.2. The average Bonchev–Trinajstić information content (AvgIpc) is 2.86. The Morgan fingerprint density at radius 1 is 0.914 bits per heavy atom. The zero-order valence-electron chi connectivity index (χ0n) is 20.1. The fourth-order valence-corrected chi connectivity index (χ4v) is 4.44. The lowest BCUT2D eigenvalue weighted by Crippen LogP contribution is -2.28. The number of rotatable bonds is 6. The first-order chi connectivity index (χ1) is 16.6. The van der Waals surface area contributed by atoms with E-state index < -0.39 is 20.6 Å². The molecular weight excluding hydrogens is 458 g/mol. The van der Waals surface area contributed by atoms with Gasteiger partial charge in [-0.25, -0.2) is 13.2 Å². The molecule has 0 N–H and O–H groups in total. The summed E-state index contributed by atoms with van der Waals surface area (Å²) in [6.45, 7) is 3.46. The van der Waals surface area contributed by atoms with Crippen molar-refractivity contribution in [3.8, 4) is 22.3 Å². The topological polar surface area (TPSA) is 73.3 Å². The van der Waals surface area contributed by atoms with Crippen molar-refractivity contribution in [3.05, 3.63) is 96.2 Å². The van der Waals surface area contributed by atoms with Crippen molar-refractivity contribution in [1.82, 2.24) is 4.98 Å². The third kappa shape index (κ3) is 5.03. The van der Waals surface area contributed by atoms with Gasteiger partial charge in [-0.3, -0.25) is 4.98 Å². The number of sulfone groups is 1. The standard InChI is InChI=1S/C29H27NO4S/c1-29(2,35(4,32)33)25-18-24-12-7-15-30-28(24)26(19-25)23-11-6-10-22(17-23)21-9-5-8-20(16-21)13-14-27(31)34-3/h5-19H,1-4H3/b14-13+. The van der Waals surface area contributed by atoms with E-state index in [9.17, 15) is 13.2 Å². The molecule has 0 saturated heterocycles. The van der Waals surface area contributed by atoms with Crippen LogP contribution < -0.4 is 0 Å². The van der Waals surface area contributed by atoms with Gasteiger partial charge >= 0.3 is 5.97 Å². The highest BCUT2D eigenvalue weighted by molar-refractivity contribution is 7.91. The summed E-state index contributed by atoms with van der Waals surface area (Å²) in [6.07, 6.45) is 6.12. The molecule has 0 amide bonds. The molecule has 35 heavy (non-hydrogen) atoms. The maximum atomic E-state index is 12.6. The van der Waals surface area contributed by atoms with E-state index in [1.807, 2.05) is 66.7 Å². The molecule has 1 heterocycles. The second-order valence-corrected chi connectivity index (χ2v) is 11.5. The Hall–Kier alpha value is -3.77. The molecule has 0 atom stereocenters. The summed E-state index contributed by atoms with van der Waals surface area (Å²) in [5.41, 5.74) is 6.20. The smallest absolute Gasteiger partial charge is 0.330 e. The van der Waals surface area contributed by atoms with Gasteiger partial charge in [0.05, 0.1) is 17.4 Å². The highest BCUT2D eigenvalue weighted by atomic mass is 32.2. The molecule has 4 rings (SSSR count). The van der Waals surface area contributed by atoms with Crippen molar-refractivity contribution in [2.75, 3.05) is 13.4 Å². The number of nitrogens with zero attached hydrogens (tertiary/aromatic N) is 1. The van der Waals surface area contributed by atoms with Crippen LogP contribution in [0.2, 0.25) is 0 Å². The first-order valence-corrected chi connectivity index (χ1v) is 13.0. The summed E-state index contributed by atoms with van der Waals surface area (Å²) in [7, 11) is -2.01. The lowest BCUT2D eigenvalue weighted by Gasteiger charge is -2.24. The van der Waals surface area contributed by atoms with Crippen LogP contribution in [0.25, 0.3) is 39.2 Å². The van der Waals surface area contributed by atoms with Gasteiger partial charge < -0.3 is 4.74 Å². The lowest BCUT2D eigenvalue weighted by atomic mass is 9.92. The fraction of sp³-hybridized carbons (Fsp3) is 0.172. The maximum Gasteiger partial charge on any atom is 0.330 e. The highest BCUT2D eigenvalue weighted by Gasteiger charge is 2.33. The van der Waals surface area contributed by atoms with Crippen molar-refractivity contribution in [3.63, 3.8) is 0 Å². The normalized spacial score (nSPS) is 12.2. The van der Waals surface area contributed by atoms with Gasteiger partial charge in [-0.1, -0.05) is 42.5 Å². The molecule has 0 saturated carbocycles. The minimum atomic E-state index is -3.35. The van der Waals surface area contributed by atoms with E-state index in [1.165, 1.54) is 19.4 Å². The van der Waals surface area contributed by atoms with E-state index in [0.29, 0.717) is 0 Å². The van der Waals surface area contributed by atoms with E-state index in [4.69, 9.17) is 0 Å². The molecule has 0 unspecified atom stereocenters. The molecule has 4 aromatic rings. The van der Waals surface area contributed by atoms with E-state index in [1.54, 1.807) is 26.1 Å². The first kappa shape index (κ1) is 24.4. The van der Waals surface area contributed by atoms with Gasteiger partial charge in [0.25, 0.3) is 0 Å². The summed E-state index contributed by atoms with van der Waals surface area (Å²) >= 11 is 0. The fourth-order valence-electron chi connectivity index (χ4n) is 3.89. The monoisotopic (exact) mass is 485 g/mol. The van der Waals surface area contributed by atoms with Gasteiger partial charge in [-0.15, -0.1) is 0 Å². The summed E-state index contributed by atoms with van der Waals surface area (Å²) in [4.78, 5) is 16.1. The predicted octanol–water partition coefficient (Wildman–Crippen LogP) is 6.03. The van der Waals surface area contributed by atoms with Crippen molar-refractivity contribution >= 4 is 32.8 Å². The summed E-state index contributed by atoms with van der Waals surface area (Å²) in [5.74, 6) is -0.409. The second kappa shape index (κ2) is 9.47. The predicted molar refractivity (Wildman–Crippen MR) is 142 cm³/mol. The number of esters is 1. The molecule has 0 radical (unpaired) electrons. The van der Waals surface area contributed by atoms with Crippen LogP contribution in [0.3, 0.4) is 0 Å². The Labute approximate surface area is 206 Å². The largest absolute Gasteiger partial charge is 0.466 e. The Balaban J connectivity index is 1.85.